The minimum absolute atomic E-state index is 0.134. The van der Waals surface area contributed by atoms with Crippen LogP contribution in [0, 0.1) is 0 Å². The van der Waals surface area contributed by atoms with Crippen molar-refractivity contribution in [3.8, 4) is 17.0 Å². The maximum absolute atomic E-state index is 13.1. The highest BCUT2D eigenvalue weighted by Gasteiger charge is 2.40. The summed E-state index contributed by atoms with van der Waals surface area (Å²) in [7, 11) is 0. The van der Waals surface area contributed by atoms with Gasteiger partial charge in [0.2, 0.25) is 0 Å². The van der Waals surface area contributed by atoms with Crippen molar-refractivity contribution < 1.29 is 27.8 Å². The van der Waals surface area contributed by atoms with E-state index < -0.39 is 17.1 Å². The number of carbonyl (C=O) groups excluding carboxylic acids is 2. The first-order valence-corrected chi connectivity index (χ1v) is 15.6. The molecular weight excluding hydrogens is 622 g/mol. The molecule has 3 aliphatic rings. The van der Waals surface area contributed by atoms with Crippen LogP contribution in [-0.2, 0) is 4.74 Å². The quantitative estimate of drug-likeness (QED) is 0.341. The number of carbonyl (C=O) groups is 2. The van der Waals surface area contributed by atoms with Gasteiger partial charge in [0.05, 0.1) is 11.3 Å². The number of alkyl halides is 3. The lowest BCUT2D eigenvalue weighted by Gasteiger charge is -2.52. The Morgan fingerprint density at radius 1 is 0.978 bits per heavy atom. The largest absolute Gasteiger partial charge is 0.487 e. The summed E-state index contributed by atoms with van der Waals surface area (Å²) in [5, 5.41) is 9.81. The van der Waals surface area contributed by atoms with Gasteiger partial charge in [0.15, 0.2) is 0 Å². The van der Waals surface area contributed by atoms with Gasteiger partial charge in [0.25, 0.3) is 5.91 Å². The minimum atomic E-state index is -3.82. The van der Waals surface area contributed by atoms with E-state index in [2.05, 4.69) is 39.9 Å². The van der Waals surface area contributed by atoms with E-state index in [0.717, 1.165) is 56.3 Å². The SMILES string of the molecule is CC(C)(C)OC(=O)N1CC(N2CCN(C3CN(c4ncc(C(=O)Nc5ccc(OC(F)(F)Cl)cc5)cc4-c4ccn[nH]4)C3)CC2)C1. The topological polar surface area (TPSA) is 119 Å². The number of nitrogens with one attached hydrogen (secondary N) is 2. The molecular formula is C31H37ClF2N8O4. The molecule has 2 amide bonds. The van der Waals surface area contributed by atoms with E-state index >= 15 is 0 Å². The van der Waals surface area contributed by atoms with Gasteiger partial charge >= 0.3 is 11.7 Å². The number of ether oxygens (including phenoxy) is 2. The molecule has 5 heterocycles. The number of piperazine rings is 1. The van der Waals surface area contributed by atoms with Crippen LogP contribution in [0.3, 0.4) is 0 Å². The molecule has 2 aromatic heterocycles. The third-order valence-corrected chi connectivity index (χ3v) is 8.40. The number of aromatic nitrogens is 3. The Morgan fingerprint density at radius 3 is 2.17 bits per heavy atom. The van der Waals surface area contributed by atoms with Crippen LogP contribution in [0.2, 0.25) is 0 Å². The molecule has 12 nitrogen and oxygen atoms in total. The lowest BCUT2D eigenvalue weighted by molar-refractivity contribution is -0.0964. The Balaban J connectivity index is 1.03. The van der Waals surface area contributed by atoms with Gasteiger partial charge in [0.1, 0.15) is 17.2 Å². The molecule has 0 aliphatic carbocycles. The lowest BCUT2D eigenvalue weighted by atomic mass is 10.0. The van der Waals surface area contributed by atoms with Crippen molar-refractivity contribution in [3.05, 3.63) is 54.4 Å². The number of likely N-dealkylation sites (tertiary alicyclic amines) is 1. The van der Waals surface area contributed by atoms with Crippen molar-refractivity contribution in [2.45, 2.75) is 44.0 Å². The number of amides is 2. The van der Waals surface area contributed by atoms with Crippen molar-refractivity contribution in [2.24, 2.45) is 0 Å². The monoisotopic (exact) mass is 658 g/mol. The molecule has 1 aromatic carbocycles. The number of nitrogens with zero attached hydrogens (tertiary/aromatic N) is 6. The smallest absolute Gasteiger partial charge is 0.444 e. The second-order valence-corrected chi connectivity index (χ2v) is 13.2. The number of rotatable bonds is 8. The summed E-state index contributed by atoms with van der Waals surface area (Å²) in [6.07, 6.45) is 2.93. The Kier molecular flexibility index (Phi) is 8.79. The maximum atomic E-state index is 13.1. The van der Waals surface area contributed by atoms with Crippen LogP contribution < -0.4 is 15.0 Å². The standard InChI is InChI=1S/C31H37ClF2N8O4/c1-30(2,3)46-29(44)42-18-23(19-42)40-12-10-39(11-13-40)22-16-41(17-22)27-25(26-8-9-36-38-26)14-20(15-35-27)28(43)37-21-4-6-24(7-5-21)45-31(32,33)34/h4-9,14-15,22-23H,10-13,16-19H2,1-3H3,(H,36,38)(H,37,43). The first-order valence-electron chi connectivity index (χ1n) is 15.2. The average Bonchev–Trinajstić information content (AvgIpc) is 3.47. The van der Waals surface area contributed by atoms with Crippen LogP contribution in [0.25, 0.3) is 11.3 Å². The van der Waals surface area contributed by atoms with E-state index in [-0.39, 0.29) is 11.8 Å². The van der Waals surface area contributed by atoms with E-state index in [4.69, 9.17) is 16.3 Å². The molecule has 46 heavy (non-hydrogen) atoms. The summed E-state index contributed by atoms with van der Waals surface area (Å²) >= 11 is 4.81. The van der Waals surface area contributed by atoms with Gasteiger partial charge in [-0.25, -0.2) is 9.78 Å². The predicted octanol–water partition coefficient (Wildman–Crippen LogP) is 4.32. The predicted molar refractivity (Wildman–Crippen MR) is 168 cm³/mol. The number of anilines is 2. The number of H-pyrrole nitrogens is 1. The zero-order valence-corrected chi connectivity index (χ0v) is 26.6. The summed E-state index contributed by atoms with van der Waals surface area (Å²) in [4.78, 5) is 39.0. The van der Waals surface area contributed by atoms with Gasteiger partial charge in [-0.05, 0) is 57.2 Å². The van der Waals surface area contributed by atoms with Gasteiger partial charge in [-0.1, -0.05) is 0 Å². The van der Waals surface area contributed by atoms with Crippen molar-refractivity contribution in [3.63, 3.8) is 0 Å². The average molecular weight is 659 g/mol. The van der Waals surface area contributed by atoms with E-state index in [0.29, 0.717) is 36.4 Å². The molecule has 3 fully saturated rings. The number of aromatic amines is 1. The van der Waals surface area contributed by atoms with E-state index in [1.54, 1.807) is 17.2 Å². The van der Waals surface area contributed by atoms with E-state index in [9.17, 15) is 18.4 Å². The third kappa shape index (κ3) is 7.51. The summed E-state index contributed by atoms with van der Waals surface area (Å²) in [5.41, 5.74) is -2.10. The van der Waals surface area contributed by atoms with Crippen molar-refractivity contribution in [1.29, 1.82) is 0 Å². The molecule has 6 rings (SSSR count). The lowest BCUT2D eigenvalue weighted by Crippen LogP contribution is -2.67. The van der Waals surface area contributed by atoms with Gasteiger partial charge in [-0.15, -0.1) is 8.78 Å². The van der Waals surface area contributed by atoms with Gasteiger partial charge < -0.3 is 24.6 Å². The van der Waals surface area contributed by atoms with E-state index in [1.807, 2.05) is 26.8 Å². The van der Waals surface area contributed by atoms with Crippen LogP contribution in [0.15, 0.2) is 48.8 Å². The van der Waals surface area contributed by atoms with Crippen LogP contribution in [0.4, 0.5) is 25.1 Å². The summed E-state index contributed by atoms with van der Waals surface area (Å²) in [5.74, 6) is 0.220. The van der Waals surface area contributed by atoms with Crippen LogP contribution >= 0.6 is 11.6 Å². The van der Waals surface area contributed by atoms with Gasteiger partial charge in [-0.2, -0.15) is 5.10 Å². The van der Waals surface area contributed by atoms with Crippen LogP contribution in [0.1, 0.15) is 31.1 Å². The Bertz CT molecular complexity index is 1530. The highest BCUT2D eigenvalue weighted by atomic mass is 35.5. The second kappa shape index (κ2) is 12.6. The van der Waals surface area contributed by atoms with E-state index in [1.165, 1.54) is 30.5 Å². The first kappa shape index (κ1) is 32.0. The highest BCUT2D eigenvalue weighted by molar-refractivity contribution is 6.20. The Hall–Kier alpha value is -4.01. The molecule has 0 spiro atoms. The summed E-state index contributed by atoms with van der Waals surface area (Å²) in [6, 6.07) is 9.83. The second-order valence-electron chi connectivity index (χ2n) is 12.8. The number of pyridine rings is 1. The summed E-state index contributed by atoms with van der Waals surface area (Å²) in [6.45, 7) is 12.5. The van der Waals surface area contributed by atoms with Crippen molar-refractivity contribution in [2.75, 3.05) is 62.6 Å². The number of hydrogen-bond acceptors (Lipinski definition) is 9. The van der Waals surface area contributed by atoms with Crippen LogP contribution in [-0.4, -0.2) is 117 Å². The molecule has 0 unspecified atom stereocenters. The first-order chi connectivity index (χ1) is 21.8. The summed E-state index contributed by atoms with van der Waals surface area (Å²) < 4.78 is 35.6. The van der Waals surface area contributed by atoms with Gasteiger partial charge in [0, 0.05) is 99.7 Å². The molecule has 246 valence electrons. The molecule has 3 aromatic rings. The van der Waals surface area contributed by atoms with Crippen molar-refractivity contribution in [1.82, 2.24) is 29.9 Å². The molecule has 0 atom stereocenters. The fourth-order valence-electron chi connectivity index (χ4n) is 5.87. The normalized spacial score (nSPS) is 18.6. The number of benzene rings is 1. The molecule has 2 N–H and O–H groups in total. The molecule has 0 saturated carbocycles. The molecule has 0 radical (unpaired) electrons. The maximum Gasteiger partial charge on any atom is 0.487 e. The molecule has 0 bridgehead atoms. The van der Waals surface area contributed by atoms with Crippen molar-refractivity contribution >= 4 is 35.1 Å². The Morgan fingerprint density at radius 2 is 1.61 bits per heavy atom. The van der Waals surface area contributed by atoms with Crippen LogP contribution in [0.5, 0.6) is 5.75 Å². The Labute approximate surface area is 270 Å². The third-order valence-electron chi connectivity index (χ3n) is 8.32. The zero-order valence-electron chi connectivity index (χ0n) is 25.9. The fourth-order valence-corrected chi connectivity index (χ4v) is 5.96. The zero-order chi connectivity index (χ0) is 32.6. The fraction of sp³-hybridized carbons (Fsp3) is 0.484. The molecule has 3 saturated heterocycles. The molecule has 3 aliphatic heterocycles. The number of hydrogen-bond donors (Lipinski definition) is 2. The van der Waals surface area contributed by atoms with Gasteiger partial charge in [-0.3, -0.25) is 19.7 Å². The minimum Gasteiger partial charge on any atom is -0.444 e. The number of halogens is 3. The highest BCUT2D eigenvalue weighted by Crippen LogP contribution is 2.33. The molecule has 15 heteroatoms.